The van der Waals surface area contributed by atoms with Gasteiger partial charge in [-0.25, -0.2) is 4.98 Å². The Morgan fingerprint density at radius 1 is 0.957 bits per heavy atom. The zero-order valence-corrected chi connectivity index (χ0v) is 12.3. The lowest BCUT2D eigenvalue weighted by Crippen LogP contribution is -2.14. The maximum Gasteiger partial charge on any atom is 0.256 e. The lowest BCUT2D eigenvalue weighted by molar-refractivity contribution is 0.102. The number of hydrogen-bond donors (Lipinski definition) is 2. The molecule has 0 saturated heterocycles. The highest BCUT2D eigenvalue weighted by molar-refractivity contribution is 6.03. The van der Waals surface area contributed by atoms with Gasteiger partial charge in [0.25, 0.3) is 5.91 Å². The first kappa shape index (κ1) is 14.6. The highest BCUT2D eigenvalue weighted by Crippen LogP contribution is 2.09. The fraction of sp³-hybridized carbons (Fsp3) is 0.0588. The molecule has 3 aromatic rings. The van der Waals surface area contributed by atoms with Crippen LogP contribution in [0, 0.1) is 0 Å². The van der Waals surface area contributed by atoms with E-state index in [0.717, 1.165) is 5.56 Å². The van der Waals surface area contributed by atoms with Crippen LogP contribution in [0.15, 0.2) is 67.1 Å². The maximum atomic E-state index is 12.1. The van der Waals surface area contributed by atoms with Crippen molar-refractivity contribution < 1.29 is 4.79 Å². The van der Waals surface area contributed by atoms with Crippen LogP contribution in [0.2, 0.25) is 0 Å². The average Bonchev–Trinajstić information content (AvgIpc) is 2.62. The minimum absolute atomic E-state index is 0.204. The van der Waals surface area contributed by atoms with Crippen molar-refractivity contribution in [1.82, 2.24) is 15.0 Å². The first-order chi connectivity index (χ1) is 11.3. The van der Waals surface area contributed by atoms with Gasteiger partial charge in [0.05, 0.1) is 0 Å². The zero-order chi connectivity index (χ0) is 15.9. The topological polar surface area (TPSA) is 79.8 Å². The highest BCUT2D eigenvalue weighted by Gasteiger charge is 2.06. The van der Waals surface area contributed by atoms with Crippen molar-refractivity contribution in [2.75, 3.05) is 10.6 Å². The fourth-order valence-electron chi connectivity index (χ4n) is 1.97. The van der Waals surface area contributed by atoms with E-state index in [0.29, 0.717) is 23.9 Å². The third kappa shape index (κ3) is 4.10. The van der Waals surface area contributed by atoms with Crippen LogP contribution in [0.3, 0.4) is 0 Å². The molecule has 0 aliphatic carbocycles. The summed E-state index contributed by atoms with van der Waals surface area (Å²) in [5, 5.41) is 5.87. The van der Waals surface area contributed by atoms with Crippen LogP contribution in [-0.2, 0) is 6.54 Å². The van der Waals surface area contributed by atoms with Gasteiger partial charge in [0, 0.05) is 30.7 Å². The van der Waals surface area contributed by atoms with Crippen LogP contribution in [0.5, 0.6) is 0 Å². The molecule has 23 heavy (non-hydrogen) atoms. The molecular formula is C17H15N5O. The van der Waals surface area contributed by atoms with Crippen LogP contribution in [0.25, 0.3) is 0 Å². The molecular weight excluding hydrogens is 290 g/mol. The first-order valence-electron chi connectivity index (χ1n) is 7.13. The molecule has 0 aliphatic rings. The molecule has 6 nitrogen and oxygen atoms in total. The number of rotatable bonds is 5. The van der Waals surface area contributed by atoms with E-state index in [-0.39, 0.29) is 5.91 Å². The molecule has 2 N–H and O–H groups in total. The van der Waals surface area contributed by atoms with Gasteiger partial charge in [-0.05, 0) is 35.9 Å². The van der Waals surface area contributed by atoms with Gasteiger partial charge in [0.1, 0.15) is 5.82 Å². The number of pyridine rings is 1. The summed E-state index contributed by atoms with van der Waals surface area (Å²) in [5.74, 6) is 0.697. The number of carbonyl (C=O) groups excluding carboxylic acids is 1. The molecule has 1 amide bonds. The number of nitrogens with zero attached hydrogens (tertiary/aromatic N) is 3. The fourth-order valence-corrected chi connectivity index (χ4v) is 1.97. The lowest BCUT2D eigenvalue weighted by atomic mass is 10.2. The van der Waals surface area contributed by atoms with Crippen LogP contribution in [0.1, 0.15) is 15.9 Å². The van der Waals surface area contributed by atoms with Gasteiger partial charge in [0.15, 0.2) is 0 Å². The number of hydrogen-bond acceptors (Lipinski definition) is 5. The van der Waals surface area contributed by atoms with E-state index in [1.165, 1.54) is 0 Å². The number of nitrogens with one attached hydrogen (secondary N) is 2. The second kappa shape index (κ2) is 7.13. The molecule has 0 fully saturated rings. The smallest absolute Gasteiger partial charge is 0.256 e. The number of carbonyl (C=O) groups is 1. The molecule has 2 heterocycles. The van der Waals surface area contributed by atoms with Crippen molar-refractivity contribution in [3.8, 4) is 0 Å². The van der Waals surface area contributed by atoms with Crippen molar-refractivity contribution in [2.45, 2.75) is 6.54 Å². The summed E-state index contributed by atoms with van der Waals surface area (Å²) < 4.78 is 0. The normalized spacial score (nSPS) is 10.1. The van der Waals surface area contributed by atoms with Crippen molar-refractivity contribution in [3.05, 3.63) is 78.2 Å². The van der Waals surface area contributed by atoms with Crippen LogP contribution in [0.4, 0.5) is 11.8 Å². The molecule has 0 bridgehead atoms. The molecule has 0 spiro atoms. The van der Waals surface area contributed by atoms with Gasteiger partial charge in [-0.15, -0.1) is 0 Å². The molecule has 0 aliphatic heterocycles. The van der Waals surface area contributed by atoms with Crippen molar-refractivity contribution >= 4 is 17.7 Å². The quantitative estimate of drug-likeness (QED) is 0.757. The van der Waals surface area contributed by atoms with Gasteiger partial charge in [-0.2, -0.15) is 4.98 Å². The highest BCUT2D eigenvalue weighted by atomic mass is 16.1. The Bertz CT molecular complexity index is 777. The number of aromatic nitrogens is 3. The Balaban J connectivity index is 1.64. The standard InChI is InChI=1S/C17H15N5O/c23-16(14-4-2-1-3-5-14)21-15-8-11-19-17(22-15)20-12-13-6-9-18-10-7-13/h1-11H,12H2,(H2,19,20,21,22,23). The van der Waals surface area contributed by atoms with Crippen LogP contribution < -0.4 is 10.6 Å². The number of benzene rings is 1. The Labute approximate surface area is 133 Å². The Morgan fingerprint density at radius 3 is 2.52 bits per heavy atom. The Morgan fingerprint density at radius 2 is 1.74 bits per heavy atom. The molecule has 0 radical (unpaired) electrons. The van der Waals surface area contributed by atoms with E-state index in [9.17, 15) is 4.79 Å². The molecule has 6 heteroatoms. The predicted molar refractivity (Wildman–Crippen MR) is 88.0 cm³/mol. The third-order valence-electron chi connectivity index (χ3n) is 3.13. The van der Waals surface area contributed by atoms with E-state index in [1.54, 1.807) is 36.8 Å². The van der Waals surface area contributed by atoms with E-state index in [4.69, 9.17) is 0 Å². The summed E-state index contributed by atoms with van der Waals surface area (Å²) in [4.78, 5) is 24.5. The van der Waals surface area contributed by atoms with Gasteiger partial charge < -0.3 is 10.6 Å². The molecule has 0 saturated carbocycles. The maximum absolute atomic E-state index is 12.1. The molecule has 0 unspecified atom stereocenters. The first-order valence-corrected chi connectivity index (χ1v) is 7.13. The van der Waals surface area contributed by atoms with E-state index >= 15 is 0 Å². The zero-order valence-electron chi connectivity index (χ0n) is 12.3. The number of amides is 1. The van der Waals surface area contributed by atoms with E-state index < -0.39 is 0 Å². The van der Waals surface area contributed by atoms with Gasteiger partial charge in [-0.3, -0.25) is 9.78 Å². The summed E-state index contributed by atoms with van der Waals surface area (Å²) >= 11 is 0. The molecule has 1 aromatic carbocycles. The summed E-state index contributed by atoms with van der Waals surface area (Å²) in [7, 11) is 0. The van der Waals surface area contributed by atoms with E-state index in [1.807, 2.05) is 30.3 Å². The largest absolute Gasteiger partial charge is 0.350 e. The second-order valence-electron chi connectivity index (χ2n) is 4.79. The van der Waals surface area contributed by atoms with Crippen LogP contribution in [-0.4, -0.2) is 20.9 Å². The Hall–Kier alpha value is -3.28. The second-order valence-corrected chi connectivity index (χ2v) is 4.79. The van der Waals surface area contributed by atoms with E-state index in [2.05, 4.69) is 25.6 Å². The van der Waals surface area contributed by atoms with Crippen molar-refractivity contribution in [1.29, 1.82) is 0 Å². The summed E-state index contributed by atoms with van der Waals surface area (Å²) in [6.07, 6.45) is 5.06. The minimum Gasteiger partial charge on any atom is -0.350 e. The van der Waals surface area contributed by atoms with Crippen molar-refractivity contribution in [2.24, 2.45) is 0 Å². The monoisotopic (exact) mass is 305 g/mol. The molecule has 3 rings (SSSR count). The summed E-state index contributed by atoms with van der Waals surface area (Å²) in [6, 6.07) is 14.5. The molecule has 114 valence electrons. The molecule has 0 atom stereocenters. The van der Waals surface area contributed by atoms with Gasteiger partial charge in [-0.1, -0.05) is 18.2 Å². The Kier molecular flexibility index (Phi) is 4.54. The molecule has 2 aromatic heterocycles. The number of anilines is 2. The predicted octanol–water partition coefficient (Wildman–Crippen LogP) is 2.74. The average molecular weight is 305 g/mol. The third-order valence-corrected chi connectivity index (χ3v) is 3.13. The van der Waals surface area contributed by atoms with Gasteiger partial charge in [0.2, 0.25) is 5.95 Å². The van der Waals surface area contributed by atoms with Gasteiger partial charge >= 0.3 is 0 Å². The summed E-state index contributed by atoms with van der Waals surface area (Å²) in [5.41, 5.74) is 1.65. The minimum atomic E-state index is -0.204. The van der Waals surface area contributed by atoms with Crippen molar-refractivity contribution in [3.63, 3.8) is 0 Å². The summed E-state index contributed by atoms with van der Waals surface area (Å²) in [6.45, 7) is 0.582. The van der Waals surface area contributed by atoms with Crippen LogP contribution >= 0.6 is 0 Å². The lowest BCUT2D eigenvalue weighted by Gasteiger charge is -2.07. The SMILES string of the molecule is O=C(Nc1ccnc(NCc2ccncc2)n1)c1ccccc1.